The summed E-state index contributed by atoms with van der Waals surface area (Å²) in [6.07, 6.45) is 0.949. The number of anilines is 1. The van der Waals surface area contributed by atoms with E-state index in [1.165, 1.54) is 5.56 Å². The van der Waals surface area contributed by atoms with Crippen molar-refractivity contribution in [3.05, 3.63) is 60.2 Å². The van der Waals surface area contributed by atoms with E-state index < -0.39 is 0 Å². The molecule has 2 nitrogen and oxygen atoms in total. The SMILES string of the molecule is C[C@@H](Sc1ccccc1)C(=O)N1c2ccccc2C[C@@H]1C. The Morgan fingerprint density at radius 2 is 1.81 bits per heavy atom. The number of para-hydroxylation sites is 1. The highest BCUT2D eigenvalue weighted by atomic mass is 32.2. The van der Waals surface area contributed by atoms with E-state index in [4.69, 9.17) is 0 Å². The molecule has 1 aliphatic heterocycles. The highest BCUT2D eigenvalue weighted by molar-refractivity contribution is 8.00. The first-order valence-corrected chi connectivity index (χ1v) is 8.17. The lowest BCUT2D eigenvalue weighted by atomic mass is 10.1. The number of carbonyl (C=O) groups excluding carboxylic acids is 1. The lowest BCUT2D eigenvalue weighted by molar-refractivity contribution is -0.118. The van der Waals surface area contributed by atoms with Crippen LogP contribution in [-0.2, 0) is 11.2 Å². The Morgan fingerprint density at radius 1 is 1.14 bits per heavy atom. The average Bonchev–Trinajstić information content (AvgIpc) is 2.83. The third-order valence-corrected chi connectivity index (χ3v) is 4.95. The Labute approximate surface area is 130 Å². The number of benzene rings is 2. The summed E-state index contributed by atoms with van der Waals surface area (Å²) in [6.45, 7) is 4.12. The second-order valence-electron chi connectivity index (χ2n) is 5.46. The van der Waals surface area contributed by atoms with Crippen molar-refractivity contribution in [2.45, 2.75) is 36.5 Å². The number of thioether (sulfide) groups is 1. The van der Waals surface area contributed by atoms with Crippen molar-refractivity contribution in [2.24, 2.45) is 0 Å². The van der Waals surface area contributed by atoms with Crippen LogP contribution in [0.15, 0.2) is 59.5 Å². The van der Waals surface area contributed by atoms with E-state index in [2.05, 4.69) is 31.2 Å². The molecule has 0 bridgehead atoms. The zero-order chi connectivity index (χ0) is 14.8. The Hall–Kier alpha value is -1.74. The molecule has 1 heterocycles. The van der Waals surface area contributed by atoms with Gasteiger partial charge in [0.1, 0.15) is 0 Å². The molecule has 3 rings (SSSR count). The Bertz CT molecular complexity index is 641. The van der Waals surface area contributed by atoms with E-state index in [9.17, 15) is 4.79 Å². The molecule has 108 valence electrons. The highest BCUT2D eigenvalue weighted by Crippen LogP contribution is 2.34. The monoisotopic (exact) mass is 297 g/mol. The second-order valence-corrected chi connectivity index (χ2v) is 6.88. The van der Waals surface area contributed by atoms with Crippen LogP contribution in [0.2, 0.25) is 0 Å². The van der Waals surface area contributed by atoms with Gasteiger partial charge in [-0.25, -0.2) is 0 Å². The van der Waals surface area contributed by atoms with E-state index in [-0.39, 0.29) is 17.2 Å². The minimum Gasteiger partial charge on any atom is -0.308 e. The predicted octanol–water partition coefficient (Wildman–Crippen LogP) is 4.15. The first-order valence-electron chi connectivity index (χ1n) is 7.29. The van der Waals surface area contributed by atoms with Crippen molar-refractivity contribution in [1.82, 2.24) is 0 Å². The van der Waals surface area contributed by atoms with Crippen LogP contribution in [-0.4, -0.2) is 17.2 Å². The maximum atomic E-state index is 12.8. The summed E-state index contributed by atoms with van der Waals surface area (Å²) in [5.74, 6) is 0.196. The average molecular weight is 297 g/mol. The Kier molecular flexibility index (Phi) is 4.02. The molecule has 2 atom stereocenters. The molecule has 0 saturated heterocycles. The normalized spacial score (nSPS) is 18.4. The molecular formula is C18H19NOS. The molecule has 0 radical (unpaired) electrons. The number of amides is 1. The molecule has 2 aromatic carbocycles. The van der Waals surface area contributed by atoms with Crippen molar-refractivity contribution in [3.63, 3.8) is 0 Å². The van der Waals surface area contributed by atoms with Gasteiger partial charge in [-0.1, -0.05) is 36.4 Å². The van der Waals surface area contributed by atoms with Crippen molar-refractivity contribution in [1.29, 1.82) is 0 Å². The summed E-state index contributed by atoms with van der Waals surface area (Å²) in [7, 11) is 0. The van der Waals surface area contributed by atoms with Gasteiger partial charge in [0.15, 0.2) is 0 Å². The van der Waals surface area contributed by atoms with E-state index in [0.29, 0.717) is 0 Å². The van der Waals surface area contributed by atoms with E-state index in [0.717, 1.165) is 17.0 Å². The first-order chi connectivity index (χ1) is 10.2. The van der Waals surface area contributed by atoms with Gasteiger partial charge in [0, 0.05) is 16.6 Å². The van der Waals surface area contributed by atoms with Gasteiger partial charge < -0.3 is 4.90 Å². The fourth-order valence-corrected chi connectivity index (χ4v) is 3.79. The zero-order valence-corrected chi connectivity index (χ0v) is 13.1. The van der Waals surface area contributed by atoms with Crippen molar-refractivity contribution >= 4 is 23.4 Å². The van der Waals surface area contributed by atoms with Crippen LogP contribution in [0.5, 0.6) is 0 Å². The van der Waals surface area contributed by atoms with Crippen LogP contribution in [0.1, 0.15) is 19.4 Å². The summed E-state index contributed by atoms with van der Waals surface area (Å²) >= 11 is 1.62. The van der Waals surface area contributed by atoms with Crippen LogP contribution in [0.4, 0.5) is 5.69 Å². The molecule has 0 unspecified atom stereocenters. The molecule has 21 heavy (non-hydrogen) atoms. The highest BCUT2D eigenvalue weighted by Gasteiger charge is 2.33. The molecule has 1 aliphatic rings. The van der Waals surface area contributed by atoms with Gasteiger partial charge in [0.25, 0.3) is 0 Å². The predicted molar refractivity (Wildman–Crippen MR) is 88.9 cm³/mol. The van der Waals surface area contributed by atoms with Crippen LogP contribution in [0.25, 0.3) is 0 Å². The minimum atomic E-state index is -0.0824. The number of hydrogen-bond donors (Lipinski definition) is 0. The Balaban J connectivity index is 1.79. The number of nitrogens with zero attached hydrogens (tertiary/aromatic N) is 1. The number of carbonyl (C=O) groups is 1. The van der Waals surface area contributed by atoms with Gasteiger partial charge >= 0.3 is 0 Å². The van der Waals surface area contributed by atoms with Gasteiger partial charge in [-0.15, -0.1) is 11.8 Å². The van der Waals surface area contributed by atoms with E-state index in [1.54, 1.807) is 11.8 Å². The molecule has 3 heteroatoms. The summed E-state index contributed by atoms with van der Waals surface area (Å²) in [5, 5.41) is -0.0824. The minimum absolute atomic E-state index is 0.0824. The summed E-state index contributed by atoms with van der Waals surface area (Å²) in [5.41, 5.74) is 2.35. The molecule has 1 amide bonds. The maximum absolute atomic E-state index is 12.8. The zero-order valence-electron chi connectivity index (χ0n) is 12.3. The quantitative estimate of drug-likeness (QED) is 0.793. The fraction of sp³-hybridized carbons (Fsp3) is 0.278. The van der Waals surface area contributed by atoms with Gasteiger partial charge in [-0.05, 0) is 44.0 Å². The van der Waals surface area contributed by atoms with Gasteiger partial charge in [-0.2, -0.15) is 0 Å². The van der Waals surface area contributed by atoms with Crippen LogP contribution in [0.3, 0.4) is 0 Å². The van der Waals surface area contributed by atoms with Gasteiger partial charge in [0.05, 0.1) is 5.25 Å². The largest absolute Gasteiger partial charge is 0.308 e. The summed E-state index contributed by atoms with van der Waals surface area (Å²) in [4.78, 5) is 15.9. The Morgan fingerprint density at radius 3 is 2.57 bits per heavy atom. The van der Waals surface area contributed by atoms with E-state index >= 15 is 0 Å². The summed E-state index contributed by atoms with van der Waals surface area (Å²) < 4.78 is 0. The third-order valence-electron chi connectivity index (χ3n) is 3.85. The molecule has 0 N–H and O–H groups in total. The second kappa shape index (κ2) is 5.94. The maximum Gasteiger partial charge on any atom is 0.240 e. The van der Waals surface area contributed by atoms with Crippen LogP contribution < -0.4 is 4.90 Å². The standard InChI is InChI=1S/C18H19NOS/c1-13-12-15-8-6-7-11-17(15)19(13)18(20)14(2)21-16-9-4-3-5-10-16/h3-11,13-14H,12H2,1-2H3/t13-,14+/m0/s1. The molecule has 0 spiro atoms. The van der Waals surface area contributed by atoms with Crippen LogP contribution >= 0.6 is 11.8 Å². The molecular weight excluding hydrogens is 278 g/mol. The fourth-order valence-electron chi connectivity index (χ4n) is 2.85. The van der Waals surface area contributed by atoms with Gasteiger partial charge in [0.2, 0.25) is 5.91 Å². The topological polar surface area (TPSA) is 20.3 Å². The van der Waals surface area contributed by atoms with Crippen molar-refractivity contribution < 1.29 is 4.79 Å². The number of hydrogen-bond acceptors (Lipinski definition) is 2. The van der Waals surface area contributed by atoms with Crippen LogP contribution in [0, 0.1) is 0 Å². The third kappa shape index (κ3) is 2.84. The molecule has 2 aromatic rings. The number of rotatable bonds is 3. The molecule has 0 aliphatic carbocycles. The van der Waals surface area contributed by atoms with Crippen molar-refractivity contribution in [2.75, 3.05) is 4.90 Å². The molecule has 0 fully saturated rings. The first kappa shape index (κ1) is 14.2. The molecule has 0 aromatic heterocycles. The lowest BCUT2D eigenvalue weighted by Crippen LogP contribution is -2.40. The van der Waals surface area contributed by atoms with Gasteiger partial charge in [-0.3, -0.25) is 4.79 Å². The molecule has 0 saturated carbocycles. The lowest BCUT2D eigenvalue weighted by Gasteiger charge is -2.25. The number of fused-ring (bicyclic) bond motifs is 1. The smallest absolute Gasteiger partial charge is 0.240 e. The van der Waals surface area contributed by atoms with E-state index in [1.807, 2.05) is 42.2 Å². The summed E-state index contributed by atoms with van der Waals surface area (Å²) in [6, 6.07) is 18.6. The van der Waals surface area contributed by atoms with Crippen molar-refractivity contribution in [3.8, 4) is 0 Å².